The molecule has 4 aromatic rings. The summed E-state index contributed by atoms with van der Waals surface area (Å²) < 4.78 is 1.99. The number of pyridine rings is 1. The molecule has 7 nitrogen and oxygen atoms in total. The van der Waals surface area contributed by atoms with E-state index in [-0.39, 0.29) is 0 Å². The van der Waals surface area contributed by atoms with Crippen molar-refractivity contribution in [2.24, 2.45) is 4.99 Å². The number of guanidine groups is 1. The van der Waals surface area contributed by atoms with E-state index in [4.69, 9.17) is 4.98 Å². The van der Waals surface area contributed by atoms with Gasteiger partial charge in [-0.3, -0.25) is 4.99 Å². The van der Waals surface area contributed by atoms with Crippen molar-refractivity contribution in [3.05, 3.63) is 83.2 Å². The predicted molar refractivity (Wildman–Crippen MR) is 136 cm³/mol. The van der Waals surface area contributed by atoms with Crippen molar-refractivity contribution in [2.45, 2.75) is 26.9 Å². The number of hydrogen-bond acceptors (Lipinski definition) is 4. The van der Waals surface area contributed by atoms with Gasteiger partial charge in [-0.15, -0.1) is 0 Å². The van der Waals surface area contributed by atoms with Gasteiger partial charge >= 0.3 is 0 Å². The molecule has 2 heterocycles. The van der Waals surface area contributed by atoms with Gasteiger partial charge in [0.15, 0.2) is 5.96 Å². The molecule has 0 bridgehead atoms. The summed E-state index contributed by atoms with van der Waals surface area (Å²) in [4.78, 5) is 11.2. The van der Waals surface area contributed by atoms with Crippen LogP contribution in [0.5, 0.6) is 0 Å². The van der Waals surface area contributed by atoms with Crippen LogP contribution in [0, 0.1) is 13.8 Å². The zero-order chi connectivity index (χ0) is 23.4. The van der Waals surface area contributed by atoms with Crippen LogP contribution in [0.2, 0.25) is 0 Å². The number of aliphatic imine (C=N–C) groups is 1. The molecule has 0 aliphatic heterocycles. The zero-order valence-corrected chi connectivity index (χ0v) is 19.9. The van der Waals surface area contributed by atoms with Gasteiger partial charge in [0.25, 0.3) is 0 Å². The quantitative estimate of drug-likeness (QED) is 0.350. The van der Waals surface area contributed by atoms with Crippen LogP contribution in [0.1, 0.15) is 22.5 Å². The minimum Gasteiger partial charge on any atom is -0.363 e. The molecule has 2 aromatic heterocycles. The molecule has 0 radical (unpaired) electrons. The summed E-state index contributed by atoms with van der Waals surface area (Å²) in [6.45, 7) is 5.36. The molecule has 0 aliphatic rings. The monoisotopic (exact) mass is 441 g/mol. The second-order valence-electron chi connectivity index (χ2n) is 8.30. The normalized spacial score (nSPS) is 11.6. The summed E-state index contributed by atoms with van der Waals surface area (Å²) in [5.74, 6) is 1.68. The van der Waals surface area contributed by atoms with Gasteiger partial charge in [-0.1, -0.05) is 36.4 Å². The number of nitrogens with zero attached hydrogens (tertiary/aromatic N) is 5. The lowest BCUT2D eigenvalue weighted by Crippen LogP contribution is -2.36. The van der Waals surface area contributed by atoms with Crippen LogP contribution in [0.4, 0.5) is 5.82 Å². The van der Waals surface area contributed by atoms with Crippen LogP contribution in [0.15, 0.2) is 65.7 Å². The smallest absolute Gasteiger partial charge is 0.191 e. The molecule has 7 heteroatoms. The van der Waals surface area contributed by atoms with E-state index in [1.54, 1.807) is 7.05 Å². The van der Waals surface area contributed by atoms with Crippen LogP contribution in [-0.2, 0) is 13.1 Å². The number of hydrogen-bond donors (Lipinski definition) is 2. The SMILES string of the molecule is CN=C(NCc1ccccc1-n1nc(C)cc1C)NCc1cc(N(C)C)nc2ccccc12. The summed E-state index contributed by atoms with van der Waals surface area (Å²) >= 11 is 0. The number of fused-ring (bicyclic) bond motifs is 1. The van der Waals surface area contributed by atoms with E-state index in [2.05, 4.69) is 64.0 Å². The standard InChI is InChI=1S/C26H31N7/c1-18-14-19(2)33(31-18)24-13-9-6-10-20(24)16-28-26(27-3)29-17-21-15-25(32(4)5)30-23-12-8-7-11-22(21)23/h6-15H,16-17H2,1-5H3,(H2,27,28,29). The summed E-state index contributed by atoms with van der Waals surface area (Å²) in [5.41, 5.74) is 6.51. The summed E-state index contributed by atoms with van der Waals surface area (Å²) in [5, 5.41) is 12.7. The molecule has 0 saturated carbocycles. The van der Waals surface area contributed by atoms with E-state index in [0.29, 0.717) is 13.1 Å². The topological polar surface area (TPSA) is 70.4 Å². The van der Waals surface area contributed by atoms with Gasteiger partial charge in [-0.05, 0) is 49.2 Å². The molecule has 0 amide bonds. The van der Waals surface area contributed by atoms with Gasteiger partial charge in [0.1, 0.15) is 5.82 Å². The Labute approximate surface area is 195 Å². The van der Waals surface area contributed by atoms with Gasteiger partial charge in [0.2, 0.25) is 0 Å². The Kier molecular flexibility index (Phi) is 6.58. The minimum absolute atomic E-state index is 0.633. The minimum atomic E-state index is 0.633. The molecule has 0 atom stereocenters. The van der Waals surface area contributed by atoms with E-state index in [9.17, 15) is 0 Å². The van der Waals surface area contributed by atoms with Crippen molar-refractivity contribution in [3.8, 4) is 5.69 Å². The lowest BCUT2D eigenvalue weighted by Gasteiger charge is -2.17. The number of para-hydroxylation sites is 2. The Balaban J connectivity index is 1.50. The Morgan fingerprint density at radius 3 is 2.33 bits per heavy atom. The fourth-order valence-electron chi connectivity index (χ4n) is 3.93. The highest BCUT2D eigenvalue weighted by Gasteiger charge is 2.11. The number of benzene rings is 2. The molecular weight excluding hydrogens is 410 g/mol. The first-order valence-corrected chi connectivity index (χ1v) is 11.1. The fraction of sp³-hybridized carbons (Fsp3) is 0.269. The number of rotatable bonds is 6. The third-order valence-electron chi connectivity index (χ3n) is 5.59. The first-order chi connectivity index (χ1) is 16.0. The number of nitrogens with one attached hydrogen (secondary N) is 2. The summed E-state index contributed by atoms with van der Waals surface area (Å²) in [6.07, 6.45) is 0. The van der Waals surface area contributed by atoms with E-state index in [1.807, 2.05) is 54.9 Å². The number of aryl methyl sites for hydroxylation is 2. The van der Waals surface area contributed by atoms with Crippen molar-refractivity contribution >= 4 is 22.7 Å². The van der Waals surface area contributed by atoms with Crippen molar-refractivity contribution in [3.63, 3.8) is 0 Å². The molecular formula is C26H31N7. The van der Waals surface area contributed by atoms with Crippen LogP contribution < -0.4 is 15.5 Å². The van der Waals surface area contributed by atoms with E-state index in [0.717, 1.165) is 45.3 Å². The Bertz CT molecular complexity index is 1290. The first kappa shape index (κ1) is 22.3. The van der Waals surface area contributed by atoms with Crippen LogP contribution in [-0.4, -0.2) is 41.9 Å². The maximum absolute atomic E-state index is 4.75. The van der Waals surface area contributed by atoms with Crippen molar-refractivity contribution in [1.82, 2.24) is 25.4 Å². The fourth-order valence-corrected chi connectivity index (χ4v) is 3.93. The van der Waals surface area contributed by atoms with Crippen molar-refractivity contribution in [1.29, 1.82) is 0 Å². The third kappa shape index (κ3) is 4.98. The van der Waals surface area contributed by atoms with Gasteiger partial charge in [-0.2, -0.15) is 5.10 Å². The first-order valence-electron chi connectivity index (χ1n) is 11.1. The van der Waals surface area contributed by atoms with E-state index in [1.165, 1.54) is 5.56 Å². The van der Waals surface area contributed by atoms with Crippen molar-refractivity contribution < 1.29 is 0 Å². The molecule has 170 valence electrons. The van der Waals surface area contributed by atoms with Crippen LogP contribution in [0.3, 0.4) is 0 Å². The summed E-state index contributed by atoms with van der Waals surface area (Å²) in [6, 6.07) is 20.7. The number of aromatic nitrogens is 3. The highest BCUT2D eigenvalue weighted by molar-refractivity contribution is 5.85. The van der Waals surface area contributed by atoms with Gasteiger partial charge in [-0.25, -0.2) is 9.67 Å². The molecule has 0 aliphatic carbocycles. The van der Waals surface area contributed by atoms with Gasteiger partial charge in [0.05, 0.1) is 16.9 Å². The Morgan fingerprint density at radius 2 is 1.64 bits per heavy atom. The van der Waals surface area contributed by atoms with Crippen molar-refractivity contribution in [2.75, 3.05) is 26.0 Å². The highest BCUT2D eigenvalue weighted by Crippen LogP contribution is 2.22. The third-order valence-corrected chi connectivity index (χ3v) is 5.59. The Hall–Kier alpha value is -3.87. The number of anilines is 1. The van der Waals surface area contributed by atoms with E-state index >= 15 is 0 Å². The zero-order valence-electron chi connectivity index (χ0n) is 19.9. The lowest BCUT2D eigenvalue weighted by molar-refractivity contribution is 0.782. The maximum Gasteiger partial charge on any atom is 0.191 e. The average Bonchev–Trinajstić information content (AvgIpc) is 3.16. The predicted octanol–water partition coefficient (Wildman–Crippen LogP) is 3.97. The molecule has 33 heavy (non-hydrogen) atoms. The highest BCUT2D eigenvalue weighted by atomic mass is 15.3. The molecule has 4 rings (SSSR count). The Morgan fingerprint density at radius 1 is 0.939 bits per heavy atom. The largest absolute Gasteiger partial charge is 0.363 e. The van der Waals surface area contributed by atoms with E-state index < -0.39 is 0 Å². The van der Waals surface area contributed by atoms with Crippen LogP contribution >= 0.6 is 0 Å². The molecule has 2 N–H and O–H groups in total. The van der Waals surface area contributed by atoms with Crippen LogP contribution in [0.25, 0.3) is 16.6 Å². The molecule has 0 unspecified atom stereocenters. The second kappa shape index (κ2) is 9.73. The molecule has 2 aromatic carbocycles. The maximum atomic E-state index is 4.75. The van der Waals surface area contributed by atoms with Gasteiger partial charge < -0.3 is 15.5 Å². The molecule has 0 saturated heterocycles. The van der Waals surface area contributed by atoms with Gasteiger partial charge in [0, 0.05) is 45.3 Å². The molecule has 0 fully saturated rings. The molecule has 0 spiro atoms. The average molecular weight is 442 g/mol. The summed E-state index contributed by atoms with van der Waals surface area (Å²) in [7, 11) is 5.81. The second-order valence-corrected chi connectivity index (χ2v) is 8.30. The lowest BCUT2D eigenvalue weighted by atomic mass is 10.1.